The van der Waals surface area contributed by atoms with Gasteiger partial charge in [-0.3, -0.25) is 0 Å². The number of methoxy groups -OCH3 is 1. The van der Waals surface area contributed by atoms with Crippen LogP contribution in [0.1, 0.15) is 48.6 Å². The van der Waals surface area contributed by atoms with Crippen LogP contribution in [0.15, 0.2) is 35.8 Å². The molecule has 8 nitrogen and oxygen atoms in total. The average molecular weight is 467 g/mol. The van der Waals surface area contributed by atoms with Gasteiger partial charge in [-0.15, -0.1) is 11.3 Å². The second kappa shape index (κ2) is 9.58. The topological polar surface area (TPSA) is 88.4 Å². The zero-order valence-electron chi connectivity index (χ0n) is 19.3. The number of hydrogen-bond donors (Lipinski definition) is 0. The van der Waals surface area contributed by atoms with Crippen LogP contribution in [0, 0.1) is 6.92 Å². The van der Waals surface area contributed by atoms with Crippen molar-refractivity contribution in [2.24, 2.45) is 0 Å². The van der Waals surface area contributed by atoms with Crippen LogP contribution in [-0.2, 0) is 11.3 Å². The summed E-state index contributed by atoms with van der Waals surface area (Å²) in [5.74, 6) is 0.905. The van der Waals surface area contributed by atoms with Gasteiger partial charge in [0.05, 0.1) is 36.9 Å². The lowest BCUT2D eigenvalue weighted by atomic mass is 10.2. The van der Waals surface area contributed by atoms with Crippen LogP contribution in [0.5, 0.6) is 11.5 Å². The van der Waals surface area contributed by atoms with Crippen molar-refractivity contribution < 1.29 is 19.0 Å². The van der Waals surface area contributed by atoms with E-state index in [9.17, 15) is 4.79 Å². The van der Waals surface area contributed by atoms with Crippen molar-refractivity contribution in [2.45, 2.75) is 40.3 Å². The first-order chi connectivity index (χ1) is 15.9. The Kier molecular flexibility index (Phi) is 6.60. The highest BCUT2D eigenvalue weighted by Gasteiger charge is 2.17. The summed E-state index contributed by atoms with van der Waals surface area (Å²) < 4.78 is 18.4. The number of carbonyl (C=O) groups is 1. The van der Waals surface area contributed by atoms with Crippen molar-refractivity contribution in [3.8, 4) is 22.1 Å². The minimum atomic E-state index is -0.434. The third-order valence-electron chi connectivity index (χ3n) is 5.08. The van der Waals surface area contributed by atoms with E-state index in [4.69, 9.17) is 14.2 Å². The first-order valence-electron chi connectivity index (χ1n) is 10.7. The van der Waals surface area contributed by atoms with E-state index in [-0.39, 0.29) is 12.6 Å². The fourth-order valence-electron chi connectivity index (χ4n) is 3.45. The fourth-order valence-corrected chi connectivity index (χ4v) is 4.25. The molecule has 4 aromatic rings. The monoisotopic (exact) mass is 466 g/mol. The van der Waals surface area contributed by atoms with Crippen LogP contribution in [0.2, 0.25) is 0 Å². The molecule has 0 amide bonds. The van der Waals surface area contributed by atoms with Crippen molar-refractivity contribution in [3.63, 3.8) is 0 Å². The first-order valence-corrected chi connectivity index (χ1v) is 11.6. The van der Waals surface area contributed by atoms with Gasteiger partial charge in [0, 0.05) is 22.4 Å². The van der Waals surface area contributed by atoms with Crippen LogP contribution >= 0.6 is 11.3 Å². The number of aromatic nitrogens is 4. The number of carbonyl (C=O) groups excluding carboxylic acids is 1. The van der Waals surface area contributed by atoms with Crippen molar-refractivity contribution in [1.82, 2.24) is 19.7 Å². The van der Waals surface area contributed by atoms with Crippen molar-refractivity contribution in [2.75, 3.05) is 13.7 Å². The Morgan fingerprint density at radius 1 is 1.18 bits per heavy atom. The summed E-state index contributed by atoms with van der Waals surface area (Å²) in [6.07, 6.45) is 1.72. The maximum atomic E-state index is 12.7. The van der Waals surface area contributed by atoms with Crippen LogP contribution in [0.25, 0.3) is 21.6 Å². The van der Waals surface area contributed by atoms with Gasteiger partial charge in [-0.1, -0.05) is 0 Å². The summed E-state index contributed by atoms with van der Waals surface area (Å²) in [6.45, 7) is 8.44. The molecule has 33 heavy (non-hydrogen) atoms. The minimum absolute atomic E-state index is 0.0756. The molecule has 3 heterocycles. The minimum Gasteiger partial charge on any atom is -0.493 e. The van der Waals surface area contributed by atoms with Gasteiger partial charge in [-0.05, 0) is 52.0 Å². The van der Waals surface area contributed by atoms with Gasteiger partial charge in [0.1, 0.15) is 11.6 Å². The molecule has 4 rings (SSSR count). The van der Waals surface area contributed by atoms with Gasteiger partial charge >= 0.3 is 5.97 Å². The zero-order chi connectivity index (χ0) is 23.5. The summed E-state index contributed by atoms with van der Waals surface area (Å²) in [7, 11) is 1.61. The van der Waals surface area contributed by atoms with Crippen molar-refractivity contribution >= 4 is 28.3 Å². The second-order valence-electron chi connectivity index (χ2n) is 7.74. The van der Waals surface area contributed by atoms with Gasteiger partial charge in [-0.2, -0.15) is 5.10 Å². The molecule has 172 valence electrons. The summed E-state index contributed by atoms with van der Waals surface area (Å²) in [4.78, 5) is 21.9. The van der Waals surface area contributed by atoms with E-state index < -0.39 is 5.97 Å². The number of hydrogen-bond acceptors (Lipinski definition) is 8. The van der Waals surface area contributed by atoms with E-state index in [1.54, 1.807) is 26.3 Å². The van der Waals surface area contributed by atoms with E-state index >= 15 is 0 Å². The highest BCUT2D eigenvalue weighted by Crippen LogP contribution is 2.34. The molecule has 1 aromatic carbocycles. The normalized spacial score (nSPS) is 11.2. The quantitative estimate of drug-likeness (QED) is 0.329. The zero-order valence-corrected chi connectivity index (χ0v) is 20.1. The predicted octanol–water partition coefficient (Wildman–Crippen LogP) is 5.21. The Morgan fingerprint density at radius 3 is 2.73 bits per heavy atom. The molecule has 0 radical (unpaired) electrons. The third-order valence-corrected chi connectivity index (χ3v) is 6.02. The Balaban J connectivity index is 1.47. The molecule has 0 saturated carbocycles. The van der Waals surface area contributed by atoms with Crippen LogP contribution in [0.3, 0.4) is 0 Å². The molecule has 3 aromatic heterocycles. The second-order valence-corrected chi connectivity index (χ2v) is 8.59. The van der Waals surface area contributed by atoms with Crippen molar-refractivity contribution in [3.05, 3.63) is 52.8 Å². The Bertz CT molecular complexity index is 1300. The summed E-state index contributed by atoms with van der Waals surface area (Å²) >= 11 is 1.48. The standard InChI is InChI=1S/C24H26N4O4S/c1-6-31-20-8-7-16(10-21(20)30-5)23-27-18(13-33-23)12-32-24(29)19-9-17-11-25-28(14(2)3)22(17)26-15(19)4/h7-11,13-14H,6,12H2,1-5H3. The lowest BCUT2D eigenvalue weighted by Gasteiger charge is -2.10. The fraction of sp³-hybridized carbons (Fsp3) is 0.333. The number of aryl methyl sites for hydroxylation is 1. The molecular weight excluding hydrogens is 440 g/mol. The van der Waals surface area contributed by atoms with Crippen LogP contribution in [0.4, 0.5) is 0 Å². The first kappa shape index (κ1) is 22.7. The number of rotatable bonds is 8. The largest absolute Gasteiger partial charge is 0.493 e. The molecule has 0 spiro atoms. The summed E-state index contributed by atoms with van der Waals surface area (Å²) in [6, 6.07) is 7.66. The SMILES string of the molecule is CCOc1ccc(-c2nc(COC(=O)c3cc4cnn(C(C)C)c4nc3C)cs2)cc1OC. The number of ether oxygens (including phenoxy) is 3. The number of benzene rings is 1. The van der Waals surface area contributed by atoms with Crippen molar-refractivity contribution in [1.29, 1.82) is 0 Å². The Morgan fingerprint density at radius 2 is 2.00 bits per heavy atom. The maximum Gasteiger partial charge on any atom is 0.340 e. The molecule has 0 aliphatic heterocycles. The Hall–Kier alpha value is -3.46. The molecule has 0 N–H and O–H groups in total. The van der Waals surface area contributed by atoms with Gasteiger partial charge in [0.25, 0.3) is 0 Å². The predicted molar refractivity (Wildman–Crippen MR) is 127 cm³/mol. The molecule has 9 heteroatoms. The molecule has 0 unspecified atom stereocenters. The highest BCUT2D eigenvalue weighted by molar-refractivity contribution is 7.13. The third kappa shape index (κ3) is 4.68. The lowest BCUT2D eigenvalue weighted by Crippen LogP contribution is -2.10. The van der Waals surface area contributed by atoms with E-state index in [1.165, 1.54) is 11.3 Å². The summed E-state index contributed by atoms with van der Waals surface area (Å²) in [5.41, 5.74) is 3.38. The molecule has 0 aliphatic rings. The molecule has 0 atom stereocenters. The number of esters is 1. The van der Waals surface area contributed by atoms with Gasteiger partial charge in [0.15, 0.2) is 17.1 Å². The van der Waals surface area contributed by atoms with Gasteiger partial charge < -0.3 is 14.2 Å². The van der Waals surface area contributed by atoms with Gasteiger partial charge in [-0.25, -0.2) is 19.4 Å². The van der Waals surface area contributed by atoms with Crippen LogP contribution < -0.4 is 9.47 Å². The summed E-state index contributed by atoms with van der Waals surface area (Å²) in [5, 5.41) is 7.86. The van der Waals surface area contributed by atoms with Crippen LogP contribution in [-0.4, -0.2) is 39.4 Å². The van der Waals surface area contributed by atoms with E-state index in [2.05, 4.69) is 15.1 Å². The van der Waals surface area contributed by atoms with E-state index in [0.717, 1.165) is 21.6 Å². The molecule has 0 saturated heterocycles. The number of pyridine rings is 1. The molecule has 0 fully saturated rings. The molecular formula is C24H26N4O4S. The average Bonchev–Trinajstić information content (AvgIpc) is 3.44. The highest BCUT2D eigenvalue weighted by atomic mass is 32.1. The smallest absolute Gasteiger partial charge is 0.340 e. The number of fused-ring (bicyclic) bond motifs is 1. The molecule has 0 aliphatic carbocycles. The van der Waals surface area contributed by atoms with E-state index in [1.807, 2.05) is 49.0 Å². The lowest BCUT2D eigenvalue weighted by molar-refractivity contribution is 0.0467. The number of nitrogens with zero attached hydrogens (tertiary/aromatic N) is 4. The molecule has 0 bridgehead atoms. The Labute approximate surface area is 196 Å². The number of thiazole rings is 1. The van der Waals surface area contributed by atoms with E-state index in [0.29, 0.717) is 35.1 Å². The maximum absolute atomic E-state index is 12.7. The van der Waals surface area contributed by atoms with Gasteiger partial charge in [0.2, 0.25) is 0 Å².